The van der Waals surface area contributed by atoms with Crippen LogP contribution in [0.5, 0.6) is 0 Å². The molecule has 5 atom stereocenters. The monoisotopic (exact) mass is 308 g/mol. The maximum absolute atomic E-state index is 11.9. The zero-order chi connectivity index (χ0) is 16.4. The molecular weight excluding hydrogens is 284 g/mol. The Morgan fingerprint density at radius 2 is 2.18 bits per heavy atom. The van der Waals surface area contributed by atoms with Gasteiger partial charge in [-0.3, -0.25) is 4.79 Å². The van der Waals surface area contributed by atoms with Gasteiger partial charge in [-0.2, -0.15) is 0 Å². The van der Waals surface area contributed by atoms with Crippen molar-refractivity contribution in [1.82, 2.24) is 0 Å². The highest BCUT2D eigenvalue weighted by Gasteiger charge is 2.49. The van der Waals surface area contributed by atoms with Gasteiger partial charge in [0.05, 0.1) is 12.0 Å². The minimum Gasteiger partial charge on any atom is -0.458 e. The average molecular weight is 308 g/mol. The predicted molar refractivity (Wildman–Crippen MR) is 80.8 cm³/mol. The third-order valence-corrected chi connectivity index (χ3v) is 4.50. The van der Waals surface area contributed by atoms with E-state index >= 15 is 0 Å². The first kappa shape index (κ1) is 16.7. The smallest absolute Gasteiger partial charge is 0.334 e. The van der Waals surface area contributed by atoms with Gasteiger partial charge in [-0.15, -0.1) is 0 Å². The lowest BCUT2D eigenvalue weighted by molar-refractivity contribution is -0.166. The van der Waals surface area contributed by atoms with Crippen LogP contribution >= 0.6 is 0 Å². The van der Waals surface area contributed by atoms with Crippen molar-refractivity contribution in [3.63, 3.8) is 0 Å². The summed E-state index contributed by atoms with van der Waals surface area (Å²) in [5, 5.41) is 10.5. The van der Waals surface area contributed by atoms with Gasteiger partial charge in [-0.25, -0.2) is 4.79 Å². The molecule has 1 aliphatic carbocycles. The van der Waals surface area contributed by atoms with E-state index in [1.54, 1.807) is 6.08 Å². The number of aliphatic hydroxyl groups is 1. The molecule has 0 aromatic rings. The van der Waals surface area contributed by atoms with Crippen LogP contribution in [0, 0.1) is 11.8 Å². The summed E-state index contributed by atoms with van der Waals surface area (Å²) < 4.78 is 10.8. The van der Waals surface area contributed by atoms with Gasteiger partial charge in [0.15, 0.2) is 0 Å². The van der Waals surface area contributed by atoms with E-state index in [-0.39, 0.29) is 11.5 Å². The molecule has 2 rings (SSSR count). The Labute approximate surface area is 131 Å². The quantitative estimate of drug-likeness (QED) is 0.456. The van der Waals surface area contributed by atoms with Gasteiger partial charge in [0.25, 0.3) is 0 Å². The number of carbonyl (C=O) groups excluding carboxylic acids is 2. The van der Waals surface area contributed by atoms with Crippen LogP contribution in [0.1, 0.15) is 40.0 Å². The number of ether oxygens (including phenoxy) is 2. The Kier molecular flexibility index (Phi) is 5.06. The fourth-order valence-corrected chi connectivity index (χ4v) is 3.32. The van der Waals surface area contributed by atoms with E-state index < -0.39 is 36.2 Å². The number of rotatable bonds is 1. The van der Waals surface area contributed by atoms with Crippen LogP contribution in [0.3, 0.4) is 0 Å². The van der Waals surface area contributed by atoms with Crippen molar-refractivity contribution in [2.75, 3.05) is 0 Å². The molecule has 0 spiro atoms. The summed E-state index contributed by atoms with van der Waals surface area (Å²) in [7, 11) is 0. The first-order valence-electron chi connectivity index (χ1n) is 7.73. The Morgan fingerprint density at radius 3 is 2.82 bits per heavy atom. The Bertz CT molecular complexity index is 507. The molecule has 5 heteroatoms. The summed E-state index contributed by atoms with van der Waals surface area (Å²) >= 11 is 0. The maximum atomic E-state index is 11.9. The van der Waals surface area contributed by atoms with Gasteiger partial charge in [0.2, 0.25) is 0 Å². The molecule has 1 saturated heterocycles. The summed E-state index contributed by atoms with van der Waals surface area (Å²) in [4.78, 5) is 23.3. The highest BCUT2D eigenvalue weighted by atomic mass is 16.6. The van der Waals surface area contributed by atoms with Gasteiger partial charge in [0.1, 0.15) is 12.2 Å². The minimum atomic E-state index is -0.868. The second-order valence-corrected chi connectivity index (χ2v) is 6.37. The molecule has 0 aromatic carbocycles. The van der Waals surface area contributed by atoms with Crippen molar-refractivity contribution in [2.45, 2.75) is 58.3 Å². The van der Waals surface area contributed by atoms with Gasteiger partial charge in [-0.05, 0) is 32.1 Å². The van der Waals surface area contributed by atoms with Gasteiger partial charge in [0, 0.05) is 12.5 Å². The molecule has 0 amide bonds. The minimum absolute atomic E-state index is 0.0354. The fourth-order valence-electron chi connectivity index (χ4n) is 3.32. The largest absolute Gasteiger partial charge is 0.458 e. The fraction of sp³-hybridized carbons (Fsp3) is 0.647. The molecule has 1 aliphatic heterocycles. The number of esters is 2. The molecule has 1 fully saturated rings. The summed E-state index contributed by atoms with van der Waals surface area (Å²) in [6.07, 6.45) is 2.29. The normalized spacial score (nSPS) is 38.5. The van der Waals surface area contributed by atoms with Crippen molar-refractivity contribution >= 4 is 11.9 Å². The van der Waals surface area contributed by atoms with E-state index in [0.717, 1.165) is 24.8 Å². The summed E-state index contributed by atoms with van der Waals surface area (Å²) in [6, 6.07) is 0. The molecule has 1 N–H and O–H groups in total. The molecule has 5 nitrogen and oxygen atoms in total. The van der Waals surface area contributed by atoms with Crippen LogP contribution in [0.2, 0.25) is 0 Å². The molecular formula is C17H24O5. The molecule has 0 aromatic heterocycles. The number of fused-ring (bicyclic) bond motifs is 1. The molecule has 1 heterocycles. The second-order valence-electron chi connectivity index (χ2n) is 6.37. The van der Waals surface area contributed by atoms with E-state index in [9.17, 15) is 14.7 Å². The highest BCUT2D eigenvalue weighted by molar-refractivity contribution is 5.91. The first-order valence-corrected chi connectivity index (χ1v) is 7.73. The zero-order valence-electron chi connectivity index (χ0n) is 13.4. The third-order valence-electron chi connectivity index (χ3n) is 4.50. The summed E-state index contributed by atoms with van der Waals surface area (Å²) in [5.41, 5.74) is 1.32. The Balaban J connectivity index is 2.40. The van der Waals surface area contributed by atoms with Gasteiger partial charge >= 0.3 is 11.9 Å². The molecule has 0 unspecified atom stereocenters. The second kappa shape index (κ2) is 6.65. The lowest BCUT2D eigenvalue weighted by Gasteiger charge is -2.33. The van der Waals surface area contributed by atoms with E-state index in [4.69, 9.17) is 9.47 Å². The number of allylic oxidation sites excluding steroid dienone is 1. The van der Waals surface area contributed by atoms with Crippen molar-refractivity contribution in [1.29, 1.82) is 0 Å². The van der Waals surface area contributed by atoms with Crippen LogP contribution in [0.4, 0.5) is 0 Å². The lowest BCUT2D eigenvalue weighted by Crippen LogP contribution is -2.43. The molecule has 122 valence electrons. The van der Waals surface area contributed by atoms with Gasteiger partial charge in [-0.1, -0.05) is 25.2 Å². The first-order chi connectivity index (χ1) is 10.3. The molecule has 22 heavy (non-hydrogen) atoms. The van der Waals surface area contributed by atoms with E-state index in [1.165, 1.54) is 6.92 Å². The van der Waals surface area contributed by atoms with E-state index in [1.807, 2.05) is 13.8 Å². The molecule has 2 aliphatic rings. The number of carbonyl (C=O) groups is 2. The molecule has 0 radical (unpaired) electrons. The Morgan fingerprint density at radius 1 is 1.50 bits per heavy atom. The standard InChI is InChI=1S/C17H24O5/c1-9-6-5-7-10(2)15(21-12(4)18)16-14(13(19)8-9)11(3)17(20)22-16/h8,10,13-16,19H,3,5-7H2,1-2,4H3/b9-8-/t10-,13+,14-,15+,16+/m1/s1. The van der Waals surface area contributed by atoms with Crippen molar-refractivity contribution in [3.05, 3.63) is 23.8 Å². The molecule has 0 saturated carbocycles. The topological polar surface area (TPSA) is 72.8 Å². The van der Waals surface area contributed by atoms with E-state index in [0.29, 0.717) is 0 Å². The third kappa shape index (κ3) is 3.40. The number of hydrogen-bond donors (Lipinski definition) is 1. The highest BCUT2D eigenvalue weighted by Crippen LogP contribution is 2.37. The number of hydrogen-bond acceptors (Lipinski definition) is 5. The van der Waals surface area contributed by atoms with Crippen molar-refractivity contribution in [2.24, 2.45) is 11.8 Å². The summed E-state index contributed by atoms with van der Waals surface area (Å²) in [5.74, 6) is -1.48. The SMILES string of the molecule is C=C1C(=O)O[C@@H]2[C@@H](OC(C)=O)[C@H](C)CCC/C(C)=C\[C@H](O)[C@@H]12. The molecule has 0 bridgehead atoms. The van der Waals surface area contributed by atoms with Crippen LogP contribution in [-0.4, -0.2) is 35.4 Å². The predicted octanol–water partition coefficient (Wildman–Crippen LogP) is 2.14. The zero-order valence-corrected chi connectivity index (χ0v) is 13.4. The summed E-state index contributed by atoms with van der Waals surface area (Å²) in [6.45, 7) is 9.04. The van der Waals surface area contributed by atoms with Crippen molar-refractivity contribution < 1.29 is 24.2 Å². The van der Waals surface area contributed by atoms with Crippen molar-refractivity contribution in [3.8, 4) is 0 Å². The van der Waals surface area contributed by atoms with Crippen LogP contribution in [-0.2, 0) is 19.1 Å². The van der Waals surface area contributed by atoms with Gasteiger partial charge < -0.3 is 14.6 Å². The maximum Gasteiger partial charge on any atom is 0.334 e. The number of aliphatic hydroxyl groups excluding tert-OH is 1. The average Bonchev–Trinajstić information content (AvgIpc) is 2.70. The Hall–Kier alpha value is -1.62. The lowest BCUT2D eigenvalue weighted by atomic mass is 9.81. The van der Waals surface area contributed by atoms with Crippen LogP contribution in [0.15, 0.2) is 23.8 Å². The van der Waals surface area contributed by atoms with E-state index in [2.05, 4.69) is 6.58 Å². The van der Waals surface area contributed by atoms with Crippen LogP contribution < -0.4 is 0 Å². The van der Waals surface area contributed by atoms with Crippen LogP contribution in [0.25, 0.3) is 0 Å².